The van der Waals surface area contributed by atoms with Crippen LogP contribution in [0.15, 0.2) is 33.9 Å². The predicted molar refractivity (Wildman–Crippen MR) is 112 cm³/mol. The number of aryl methyl sites for hydroxylation is 1. The van der Waals surface area contributed by atoms with E-state index in [0.29, 0.717) is 12.4 Å². The summed E-state index contributed by atoms with van der Waals surface area (Å²) in [6.45, 7) is 3.45. The molecule has 2 aromatic heterocycles. The molecule has 10 nitrogen and oxygen atoms in total. The van der Waals surface area contributed by atoms with Crippen molar-refractivity contribution < 1.29 is 14.1 Å². The monoisotopic (exact) mass is 430 g/mol. The summed E-state index contributed by atoms with van der Waals surface area (Å²) in [7, 11) is 2.94. The Morgan fingerprint density at radius 3 is 2.39 bits per heavy atom. The molecule has 0 radical (unpaired) electrons. The summed E-state index contributed by atoms with van der Waals surface area (Å²) < 4.78 is 17.0. The van der Waals surface area contributed by atoms with E-state index in [9.17, 15) is 18.8 Å². The normalized spacial score (nSPS) is 15.0. The first-order valence-electron chi connectivity index (χ1n) is 10.0. The van der Waals surface area contributed by atoms with Gasteiger partial charge in [-0.15, -0.1) is 0 Å². The van der Waals surface area contributed by atoms with Gasteiger partial charge in [-0.1, -0.05) is 0 Å². The fourth-order valence-corrected chi connectivity index (χ4v) is 4.09. The lowest BCUT2D eigenvalue weighted by Gasteiger charge is -2.33. The number of nitrogens with two attached hydrogens (primary N) is 1. The Bertz CT molecular complexity index is 1250. The molecular formula is C20H25FN7O3+. The quantitative estimate of drug-likeness (QED) is 0.485. The molecule has 0 spiro atoms. The highest BCUT2D eigenvalue weighted by Gasteiger charge is 2.26. The van der Waals surface area contributed by atoms with E-state index in [2.05, 4.69) is 9.88 Å². The first-order valence-corrected chi connectivity index (χ1v) is 10.0. The molecule has 1 aliphatic rings. The highest BCUT2D eigenvalue weighted by Crippen LogP contribution is 2.15. The van der Waals surface area contributed by atoms with Crippen LogP contribution in [0.3, 0.4) is 0 Å². The molecule has 3 aromatic rings. The van der Waals surface area contributed by atoms with Crippen molar-refractivity contribution in [3.8, 4) is 0 Å². The number of quaternary nitrogens is 1. The summed E-state index contributed by atoms with van der Waals surface area (Å²) >= 11 is 0. The number of amides is 1. The van der Waals surface area contributed by atoms with Gasteiger partial charge in [-0.3, -0.25) is 18.7 Å². The summed E-state index contributed by atoms with van der Waals surface area (Å²) in [5, 5.41) is 0. The maximum atomic E-state index is 13.2. The third kappa shape index (κ3) is 3.83. The molecule has 4 rings (SSSR count). The van der Waals surface area contributed by atoms with E-state index in [-0.39, 0.29) is 23.5 Å². The Kier molecular flexibility index (Phi) is 5.36. The molecule has 1 fully saturated rings. The number of carbonyl (C=O) groups is 1. The van der Waals surface area contributed by atoms with Crippen molar-refractivity contribution in [3.05, 3.63) is 56.7 Å². The molecule has 11 heteroatoms. The van der Waals surface area contributed by atoms with Crippen LogP contribution in [0.5, 0.6) is 0 Å². The van der Waals surface area contributed by atoms with Gasteiger partial charge in [0, 0.05) is 19.8 Å². The van der Waals surface area contributed by atoms with Crippen molar-refractivity contribution in [2.45, 2.75) is 13.1 Å². The molecule has 0 saturated carbocycles. The molecule has 31 heavy (non-hydrogen) atoms. The van der Waals surface area contributed by atoms with Crippen LogP contribution >= 0.6 is 0 Å². The largest absolute Gasteiger partial charge is 0.368 e. The fraction of sp³-hybridized carbons (Fsp3) is 0.400. The van der Waals surface area contributed by atoms with Crippen molar-refractivity contribution >= 4 is 22.8 Å². The number of primary amides is 1. The lowest BCUT2D eigenvalue weighted by molar-refractivity contribution is -0.915. The van der Waals surface area contributed by atoms with Crippen LogP contribution in [0.25, 0.3) is 11.2 Å². The Balaban J connectivity index is 1.61. The number of aromatic nitrogens is 4. The summed E-state index contributed by atoms with van der Waals surface area (Å²) in [6, 6.07) is 6.43. The van der Waals surface area contributed by atoms with Gasteiger partial charge in [-0.25, -0.2) is 14.2 Å². The minimum atomic E-state index is -0.590. The van der Waals surface area contributed by atoms with Crippen LogP contribution in [0.4, 0.5) is 10.1 Å². The van der Waals surface area contributed by atoms with Crippen molar-refractivity contribution in [3.63, 3.8) is 0 Å². The van der Waals surface area contributed by atoms with Gasteiger partial charge in [0.25, 0.3) is 5.56 Å². The van der Waals surface area contributed by atoms with Gasteiger partial charge >= 0.3 is 5.69 Å². The summed E-state index contributed by atoms with van der Waals surface area (Å²) in [4.78, 5) is 44.6. The van der Waals surface area contributed by atoms with Crippen molar-refractivity contribution in [2.75, 3.05) is 31.1 Å². The second-order valence-electron chi connectivity index (χ2n) is 7.85. The van der Waals surface area contributed by atoms with E-state index in [4.69, 9.17) is 5.73 Å². The number of fused-ring (bicyclic) bond motifs is 1. The Hall–Kier alpha value is -3.47. The zero-order valence-electron chi connectivity index (χ0n) is 17.5. The number of carbonyl (C=O) groups excluding carboxylic acids is 1. The number of hydrogen-bond donors (Lipinski definition) is 2. The average molecular weight is 430 g/mol. The molecular weight excluding hydrogens is 405 g/mol. The molecule has 1 amide bonds. The molecule has 3 heterocycles. The molecule has 0 aliphatic carbocycles. The number of rotatable bonds is 5. The minimum Gasteiger partial charge on any atom is -0.368 e. The zero-order chi connectivity index (χ0) is 22.3. The number of nitrogens with one attached hydrogen (secondary N) is 1. The third-order valence-electron chi connectivity index (χ3n) is 5.81. The highest BCUT2D eigenvalue weighted by molar-refractivity contribution is 5.78. The molecule has 1 aliphatic heterocycles. The average Bonchev–Trinajstić information content (AvgIpc) is 3.09. The fourth-order valence-electron chi connectivity index (χ4n) is 4.09. The van der Waals surface area contributed by atoms with Gasteiger partial charge in [0.15, 0.2) is 17.0 Å². The number of nitrogens with zero attached hydrogens (tertiary/aromatic N) is 5. The lowest BCUT2D eigenvalue weighted by Crippen LogP contribution is -3.13. The minimum absolute atomic E-state index is 0.186. The van der Waals surface area contributed by atoms with E-state index < -0.39 is 17.2 Å². The second-order valence-corrected chi connectivity index (χ2v) is 7.85. The van der Waals surface area contributed by atoms with Crippen molar-refractivity contribution in [2.24, 2.45) is 19.8 Å². The number of piperazine rings is 1. The van der Waals surface area contributed by atoms with E-state index in [1.807, 2.05) is 0 Å². The number of imidazole rings is 1. The lowest BCUT2D eigenvalue weighted by atomic mass is 10.2. The van der Waals surface area contributed by atoms with Crippen LogP contribution in [0, 0.1) is 5.82 Å². The second kappa shape index (κ2) is 7.99. The van der Waals surface area contributed by atoms with E-state index in [0.717, 1.165) is 36.4 Å². The molecule has 164 valence electrons. The summed E-state index contributed by atoms with van der Waals surface area (Å²) in [5.41, 5.74) is 5.85. The topological polar surface area (TPSA) is 113 Å². The van der Waals surface area contributed by atoms with Crippen molar-refractivity contribution in [1.82, 2.24) is 18.7 Å². The number of anilines is 1. The maximum Gasteiger partial charge on any atom is 0.332 e. The van der Waals surface area contributed by atoms with Gasteiger partial charge in [-0.05, 0) is 24.3 Å². The Morgan fingerprint density at radius 2 is 1.77 bits per heavy atom. The smallest absolute Gasteiger partial charge is 0.332 e. The molecule has 0 atom stereocenters. The number of benzene rings is 1. The third-order valence-corrected chi connectivity index (χ3v) is 5.81. The first-order chi connectivity index (χ1) is 14.8. The SMILES string of the molecule is Cn1c(=O)c2c(nc(C[NH+]3CCN(c4ccc(F)cc4)CC3)n2CC(N)=O)n(C)c1=O. The highest BCUT2D eigenvalue weighted by atomic mass is 19.1. The van der Waals surface area contributed by atoms with Crippen LogP contribution in [0.1, 0.15) is 5.82 Å². The van der Waals surface area contributed by atoms with E-state index in [1.54, 1.807) is 19.2 Å². The van der Waals surface area contributed by atoms with Crippen LogP contribution in [-0.4, -0.2) is 50.8 Å². The Morgan fingerprint density at radius 1 is 1.13 bits per heavy atom. The van der Waals surface area contributed by atoms with E-state index >= 15 is 0 Å². The summed E-state index contributed by atoms with van der Waals surface area (Å²) in [6.07, 6.45) is 0. The predicted octanol–water partition coefficient (Wildman–Crippen LogP) is -2.04. The van der Waals surface area contributed by atoms with Gasteiger partial charge in [0.05, 0.1) is 26.2 Å². The Labute approximate surface area is 176 Å². The van der Waals surface area contributed by atoms with Crippen molar-refractivity contribution in [1.29, 1.82) is 0 Å². The molecule has 0 unspecified atom stereocenters. The van der Waals surface area contributed by atoms with Gasteiger partial charge in [0.1, 0.15) is 18.9 Å². The summed E-state index contributed by atoms with van der Waals surface area (Å²) in [5.74, 6) is -0.313. The standard InChI is InChI=1S/C20H24FN7O3/c1-24-18-17(19(30)25(2)20(24)31)28(11-15(22)29)16(23-18)12-26-7-9-27(10-8-26)14-5-3-13(21)4-6-14/h3-6H,7-12H2,1-2H3,(H2,22,29)/p+1. The molecule has 1 saturated heterocycles. The van der Waals surface area contributed by atoms with Crippen LogP contribution in [-0.2, 0) is 32.0 Å². The van der Waals surface area contributed by atoms with E-state index in [1.165, 1.54) is 33.2 Å². The van der Waals surface area contributed by atoms with Crippen LogP contribution in [0.2, 0.25) is 0 Å². The zero-order valence-corrected chi connectivity index (χ0v) is 17.5. The molecule has 3 N–H and O–H groups in total. The van der Waals surface area contributed by atoms with Gasteiger partial charge < -0.3 is 20.1 Å². The maximum absolute atomic E-state index is 13.2. The van der Waals surface area contributed by atoms with Crippen LogP contribution < -0.4 is 26.8 Å². The molecule has 0 bridgehead atoms. The van der Waals surface area contributed by atoms with Gasteiger partial charge in [0.2, 0.25) is 5.91 Å². The first kappa shape index (κ1) is 20.8. The van der Waals surface area contributed by atoms with Gasteiger partial charge in [-0.2, -0.15) is 0 Å². The molecule has 1 aromatic carbocycles. The number of halogens is 1. The number of hydrogen-bond acceptors (Lipinski definition) is 5.